The normalized spacial score (nSPS) is 18.9. The molecule has 2 aromatic carbocycles. The van der Waals surface area contributed by atoms with Crippen LogP contribution in [0.2, 0.25) is 0 Å². The molecule has 1 heterocycles. The van der Waals surface area contributed by atoms with Crippen molar-refractivity contribution >= 4 is 6.29 Å². The number of carbonyl (C=O) groups excluding carboxylic acids is 1. The third kappa shape index (κ3) is 2.59. The standard InChI is InChI=1S/C18H18O5/c1-10-15-4-11(9-19)5-16(22-3)18(15)23-17(10)12-6-13(20)8-14(7-12)21-2/h4-10,17,20H,1-3H3/t10-,17-/m0/s1. The van der Waals surface area contributed by atoms with E-state index < -0.39 is 0 Å². The van der Waals surface area contributed by atoms with Gasteiger partial charge in [-0.2, -0.15) is 0 Å². The molecule has 0 aromatic heterocycles. The number of hydrogen-bond donors (Lipinski definition) is 1. The van der Waals surface area contributed by atoms with Crippen molar-refractivity contribution in [3.8, 4) is 23.0 Å². The van der Waals surface area contributed by atoms with Crippen molar-refractivity contribution in [2.24, 2.45) is 0 Å². The lowest BCUT2D eigenvalue weighted by molar-refractivity contribution is 0.112. The minimum absolute atomic E-state index is 0.00491. The number of fused-ring (bicyclic) bond motifs is 1. The van der Waals surface area contributed by atoms with Crippen molar-refractivity contribution in [3.05, 3.63) is 47.0 Å². The van der Waals surface area contributed by atoms with Gasteiger partial charge in [0.2, 0.25) is 0 Å². The number of aldehydes is 1. The molecule has 0 saturated carbocycles. The van der Waals surface area contributed by atoms with Crippen LogP contribution in [-0.4, -0.2) is 25.6 Å². The summed E-state index contributed by atoms with van der Waals surface area (Å²) in [6, 6.07) is 8.50. The average molecular weight is 314 g/mol. The maximum absolute atomic E-state index is 11.1. The van der Waals surface area contributed by atoms with Crippen molar-refractivity contribution in [1.29, 1.82) is 0 Å². The summed E-state index contributed by atoms with van der Waals surface area (Å²) in [7, 11) is 3.09. The van der Waals surface area contributed by atoms with E-state index in [4.69, 9.17) is 14.2 Å². The second-order valence-electron chi connectivity index (χ2n) is 5.55. The second-order valence-corrected chi connectivity index (χ2v) is 5.55. The molecular formula is C18H18O5. The van der Waals surface area contributed by atoms with E-state index in [1.165, 1.54) is 0 Å². The molecule has 0 bridgehead atoms. The SMILES string of the molecule is COc1cc(O)cc([C@H]2Oc3c(OC)cc(C=O)cc3[C@@H]2C)c1. The van der Waals surface area contributed by atoms with Crippen LogP contribution in [0.1, 0.15) is 40.4 Å². The molecule has 0 fully saturated rings. The number of phenols is 1. The number of ether oxygens (including phenoxy) is 3. The van der Waals surface area contributed by atoms with Crippen molar-refractivity contribution in [3.63, 3.8) is 0 Å². The highest BCUT2D eigenvalue weighted by Crippen LogP contribution is 2.51. The monoisotopic (exact) mass is 314 g/mol. The molecule has 2 atom stereocenters. The number of methoxy groups -OCH3 is 2. The summed E-state index contributed by atoms with van der Waals surface area (Å²) < 4.78 is 16.6. The van der Waals surface area contributed by atoms with Crippen LogP contribution in [0, 0.1) is 0 Å². The predicted molar refractivity (Wildman–Crippen MR) is 84.8 cm³/mol. The van der Waals surface area contributed by atoms with Gasteiger partial charge in [-0.05, 0) is 24.3 Å². The van der Waals surface area contributed by atoms with Gasteiger partial charge in [0, 0.05) is 28.7 Å². The Kier molecular flexibility index (Phi) is 3.86. The molecule has 5 nitrogen and oxygen atoms in total. The van der Waals surface area contributed by atoms with Crippen LogP contribution in [-0.2, 0) is 0 Å². The Hall–Kier alpha value is -2.69. The molecule has 1 aliphatic heterocycles. The lowest BCUT2D eigenvalue weighted by atomic mass is 9.91. The maximum Gasteiger partial charge on any atom is 0.165 e. The molecule has 1 N–H and O–H groups in total. The topological polar surface area (TPSA) is 65.0 Å². The Labute approximate surface area is 134 Å². The molecule has 0 radical (unpaired) electrons. The fraction of sp³-hybridized carbons (Fsp3) is 0.278. The highest BCUT2D eigenvalue weighted by molar-refractivity contribution is 5.78. The number of aromatic hydroxyl groups is 1. The van der Waals surface area contributed by atoms with E-state index in [-0.39, 0.29) is 17.8 Å². The first-order chi connectivity index (χ1) is 11.1. The maximum atomic E-state index is 11.1. The zero-order valence-electron chi connectivity index (χ0n) is 13.2. The first-order valence-corrected chi connectivity index (χ1v) is 7.29. The number of carbonyl (C=O) groups is 1. The molecule has 0 amide bonds. The Balaban J connectivity index is 2.05. The molecule has 23 heavy (non-hydrogen) atoms. The minimum Gasteiger partial charge on any atom is -0.508 e. The van der Waals surface area contributed by atoms with Crippen LogP contribution < -0.4 is 14.2 Å². The molecule has 0 spiro atoms. The van der Waals surface area contributed by atoms with E-state index >= 15 is 0 Å². The summed E-state index contributed by atoms with van der Waals surface area (Å²) in [4.78, 5) is 11.1. The summed E-state index contributed by atoms with van der Waals surface area (Å²) in [5.74, 6) is 1.85. The zero-order chi connectivity index (χ0) is 16.6. The minimum atomic E-state index is -0.290. The Morgan fingerprint density at radius 2 is 1.91 bits per heavy atom. The molecule has 0 saturated heterocycles. The van der Waals surface area contributed by atoms with Crippen LogP contribution in [0.15, 0.2) is 30.3 Å². The first kappa shape index (κ1) is 15.2. The molecule has 0 unspecified atom stereocenters. The molecule has 2 aromatic rings. The largest absolute Gasteiger partial charge is 0.508 e. The number of hydrogen-bond acceptors (Lipinski definition) is 5. The summed E-state index contributed by atoms with van der Waals surface area (Å²) in [6.45, 7) is 2.01. The van der Waals surface area contributed by atoms with Gasteiger partial charge in [-0.1, -0.05) is 6.92 Å². The van der Waals surface area contributed by atoms with E-state index in [1.807, 2.05) is 19.1 Å². The molecule has 3 rings (SSSR count). The summed E-state index contributed by atoms with van der Waals surface area (Å²) in [5.41, 5.74) is 2.27. The van der Waals surface area contributed by atoms with Gasteiger partial charge in [-0.3, -0.25) is 4.79 Å². The number of phenolic OH excluding ortho intramolecular Hbond substituents is 1. The van der Waals surface area contributed by atoms with Gasteiger partial charge in [-0.15, -0.1) is 0 Å². The Morgan fingerprint density at radius 1 is 1.13 bits per heavy atom. The smallest absolute Gasteiger partial charge is 0.165 e. The second kappa shape index (κ2) is 5.83. The number of rotatable bonds is 4. The van der Waals surface area contributed by atoms with Crippen LogP contribution in [0.5, 0.6) is 23.0 Å². The van der Waals surface area contributed by atoms with Crippen LogP contribution in [0.3, 0.4) is 0 Å². The van der Waals surface area contributed by atoms with Crippen LogP contribution in [0.25, 0.3) is 0 Å². The lowest BCUT2D eigenvalue weighted by Gasteiger charge is -2.17. The number of benzene rings is 2. The molecule has 5 heteroatoms. The van der Waals surface area contributed by atoms with E-state index in [9.17, 15) is 9.90 Å². The highest BCUT2D eigenvalue weighted by atomic mass is 16.5. The van der Waals surface area contributed by atoms with Crippen LogP contribution >= 0.6 is 0 Å². The molecular weight excluding hydrogens is 296 g/mol. The van der Waals surface area contributed by atoms with E-state index in [2.05, 4.69) is 0 Å². The summed E-state index contributed by atoms with van der Waals surface area (Å²) in [6.07, 6.45) is 0.502. The highest BCUT2D eigenvalue weighted by Gasteiger charge is 2.35. The van der Waals surface area contributed by atoms with Crippen molar-refractivity contribution in [1.82, 2.24) is 0 Å². The molecule has 120 valence electrons. The first-order valence-electron chi connectivity index (χ1n) is 7.29. The third-order valence-corrected chi connectivity index (χ3v) is 4.13. The quantitative estimate of drug-likeness (QED) is 0.876. The van der Waals surface area contributed by atoms with E-state index in [0.717, 1.165) is 17.4 Å². The summed E-state index contributed by atoms with van der Waals surface area (Å²) in [5, 5.41) is 9.86. The average Bonchev–Trinajstić information content (AvgIpc) is 2.90. The third-order valence-electron chi connectivity index (χ3n) is 4.13. The van der Waals surface area contributed by atoms with Gasteiger partial charge in [0.05, 0.1) is 14.2 Å². The van der Waals surface area contributed by atoms with Crippen molar-refractivity contribution in [2.75, 3.05) is 14.2 Å². The fourth-order valence-corrected chi connectivity index (χ4v) is 2.97. The Morgan fingerprint density at radius 3 is 2.57 bits per heavy atom. The lowest BCUT2D eigenvalue weighted by Crippen LogP contribution is -2.07. The van der Waals surface area contributed by atoms with Gasteiger partial charge in [-0.25, -0.2) is 0 Å². The van der Waals surface area contributed by atoms with Gasteiger partial charge >= 0.3 is 0 Å². The van der Waals surface area contributed by atoms with Crippen molar-refractivity contribution < 1.29 is 24.1 Å². The Bertz CT molecular complexity index is 753. The zero-order valence-corrected chi connectivity index (χ0v) is 13.2. The van der Waals surface area contributed by atoms with Crippen LogP contribution in [0.4, 0.5) is 0 Å². The van der Waals surface area contributed by atoms with Gasteiger partial charge in [0.15, 0.2) is 11.5 Å². The van der Waals surface area contributed by atoms with Gasteiger partial charge < -0.3 is 19.3 Å². The van der Waals surface area contributed by atoms with Crippen molar-refractivity contribution in [2.45, 2.75) is 18.9 Å². The molecule has 1 aliphatic rings. The van der Waals surface area contributed by atoms with E-state index in [1.54, 1.807) is 32.4 Å². The van der Waals surface area contributed by atoms with Gasteiger partial charge in [0.25, 0.3) is 0 Å². The fourth-order valence-electron chi connectivity index (χ4n) is 2.97. The predicted octanol–water partition coefficient (Wildman–Crippen LogP) is 3.46. The summed E-state index contributed by atoms with van der Waals surface area (Å²) >= 11 is 0. The molecule has 0 aliphatic carbocycles. The van der Waals surface area contributed by atoms with Gasteiger partial charge in [0.1, 0.15) is 23.9 Å². The van der Waals surface area contributed by atoms with E-state index in [0.29, 0.717) is 22.8 Å².